The monoisotopic (exact) mass is 388 g/mol. The van der Waals surface area contributed by atoms with E-state index in [4.69, 9.17) is 0 Å². The lowest BCUT2D eigenvalue weighted by Gasteiger charge is -2.33. The number of pyridine rings is 1. The third-order valence-electron chi connectivity index (χ3n) is 5.49. The van der Waals surface area contributed by atoms with E-state index in [1.54, 1.807) is 0 Å². The normalized spacial score (nSPS) is 16.2. The van der Waals surface area contributed by atoms with Crippen LogP contribution in [0.1, 0.15) is 36.2 Å². The highest BCUT2D eigenvalue weighted by molar-refractivity contribution is 5.83. The molecule has 0 spiro atoms. The van der Waals surface area contributed by atoms with Gasteiger partial charge >= 0.3 is 0 Å². The largest absolute Gasteiger partial charge is 0.340 e. The Balaban J connectivity index is 1.35. The summed E-state index contributed by atoms with van der Waals surface area (Å²) in [6.45, 7) is 1.33. The van der Waals surface area contributed by atoms with E-state index in [2.05, 4.69) is 25.7 Å². The van der Waals surface area contributed by atoms with Crippen molar-refractivity contribution in [2.45, 2.75) is 24.8 Å². The molecule has 3 aromatic heterocycles. The van der Waals surface area contributed by atoms with Crippen LogP contribution in [0, 0.1) is 0 Å². The number of hydrogen-bond donors (Lipinski definition) is 0. The molecule has 1 aliphatic rings. The number of fused-ring (bicyclic) bond motifs is 1. The molecule has 1 atom stereocenters. The van der Waals surface area contributed by atoms with E-state index >= 15 is 0 Å². The Labute approximate surface area is 167 Å². The van der Waals surface area contributed by atoms with Gasteiger partial charge in [0.1, 0.15) is 12.2 Å². The second-order valence-electron chi connectivity index (χ2n) is 7.19. The first-order valence-corrected chi connectivity index (χ1v) is 9.67. The molecule has 146 valence electrons. The highest BCUT2D eigenvalue weighted by atomic mass is 16.2. The van der Waals surface area contributed by atoms with Crippen LogP contribution in [0.2, 0.25) is 0 Å². The predicted molar refractivity (Wildman–Crippen MR) is 104 cm³/mol. The van der Waals surface area contributed by atoms with Crippen molar-refractivity contribution in [2.75, 3.05) is 13.1 Å². The molecule has 4 aromatic rings. The molecular weight excluding hydrogens is 368 g/mol. The Morgan fingerprint density at radius 1 is 1.00 bits per heavy atom. The van der Waals surface area contributed by atoms with Crippen LogP contribution in [0.5, 0.6) is 0 Å². The molecular formula is C20H20N8O. The highest BCUT2D eigenvalue weighted by Gasteiger charge is 2.32. The third kappa shape index (κ3) is 3.24. The fourth-order valence-electron chi connectivity index (χ4n) is 4.00. The first-order chi connectivity index (χ1) is 14.3. The summed E-state index contributed by atoms with van der Waals surface area (Å²) < 4.78 is 3.56. The van der Waals surface area contributed by atoms with Crippen molar-refractivity contribution in [3.63, 3.8) is 0 Å². The minimum Gasteiger partial charge on any atom is -0.340 e. The molecule has 5 rings (SSSR count). The molecule has 1 amide bonds. The van der Waals surface area contributed by atoms with Crippen LogP contribution in [-0.2, 0) is 4.79 Å². The third-order valence-corrected chi connectivity index (χ3v) is 5.49. The quantitative estimate of drug-likeness (QED) is 0.528. The molecule has 0 bridgehead atoms. The lowest BCUT2D eigenvalue weighted by Crippen LogP contribution is -2.42. The number of hydrogen-bond acceptors (Lipinski definition) is 6. The van der Waals surface area contributed by atoms with Crippen molar-refractivity contribution in [1.29, 1.82) is 0 Å². The molecule has 0 N–H and O–H groups in total. The highest BCUT2D eigenvalue weighted by Crippen LogP contribution is 2.29. The smallest absolute Gasteiger partial charge is 0.252 e. The number of aromatic nitrogens is 7. The lowest BCUT2D eigenvalue weighted by molar-refractivity contribution is -0.135. The molecule has 1 saturated heterocycles. The van der Waals surface area contributed by atoms with Gasteiger partial charge in [-0.2, -0.15) is 0 Å². The van der Waals surface area contributed by atoms with Gasteiger partial charge in [-0.1, -0.05) is 36.4 Å². The van der Waals surface area contributed by atoms with E-state index in [1.807, 2.05) is 64.0 Å². The number of benzene rings is 1. The van der Waals surface area contributed by atoms with Crippen LogP contribution >= 0.6 is 0 Å². The molecule has 4 heterocycles. The Morgan fingerprint density at radius 3 is 2.55 bits per heavy atom. The number of likely N-dealkylation sites (tertiary alicyclic amines) is 1. The zero-order valence-electron chi connectivity index (χ0n) is 15.7. The predicted octanol–water partition coefficient (Wildman–Crippen LogP) is 1.71. The van der Waals surface area contributed by atoms with Gasteiger partial charge in [-0.25, -0.2) is 4.68 Å². The lowest BCUT2D eigenvalue weighted by atomic mass is 9.95. The van der Waals surface area contributed by atoms with Crippen molar-refractivity contribution in [3.05, 3.63) is 72.4 Å². The Morgan fingerprint density at radius 2 is 1.79 bits per heavy atom. The zero-order valence-corrected chi connectivity index (χ0v) is 15.7. The molecule has 29 heavy (non-hydrogen) atoms. The Kier molecular flexibility index (Phi) is 4.47. The number of piperidine rings is 1. The molecule has 0 aliphatic carbocycles. The SMILES string of the molecule is O=C([C@@H](c1ccccc1)n1cnnn1)N1CCC(c2nnc3ccccn23)CC1. The van der Waals surface area contributed by atoms with Gasteiger partial charge in [0.2, 0.25) is 0 Å². The first kappa shape index (κ1) is 17.5. The van der Waals surface area contributed by atoms with E-state index < -0.39 is 6.04 Å². The van der Waals surface area contributed by atoms with Crippen LogP contribution in [0.3, 0.4) is 0 Å². The molecule has 9 nitrogen and oxygen atoms in total. The average molecular weight is 388 g/mol. The Bertz CT molecular complexity index is 1100. The summed E-state index contributed by atoms with van der Waals surface area (Å²) >= 11 is 0. The number of nitrogens with zero attached hydrogens (tertiary/aromatic N) is 8. The number of carbonyl (C=O) groups is 1. The van der Waals surface area contributed by atoms with Crippen LogP contribution in [0.4, 0.5) is 0 Å². The van der Waals surface area contributed by atoms with Crippen LogP contribution in [0.25, 0.3) is 5.65 Å². The van der Waals surface area contributed by atoms with E-state index in [9.17, 15) is 4.79 Å². The zero-order chi connectivity index (χ0) is 19.6. The summed E-state index contributed by atoms with van der Waals surface area (Å²) in [5, 5.41) is 20.1. The average Bonchev–Trinajstić information content (AvgIpc) is 3.45. The molecule has 1 aromatic carbocycles. The minimum atomic E-state index is -0.559. The molecule has 0 unspecified atom stereocenters. The van der Waals surface area contributed by atoms with Crippen molar-refractivity contribution in [2.24, 2.45) is 0 Å². The van der Waals surface area contributed by atoms with Crippen molar-refractivity contribution < 1.29 is 4.79 Å². The Hall–Kier alpha value is -3.62. The first-order valence-electron chi connectivity index (χ1n) is 9.67. The summed E-state index contributed by atoms with van der Waals surface area (Å²) in [5.41, 5.74) is 1.72. The molecule has 9 heteroatoms. The summed E-state index contributed by atoms with van der Waals surface area (Å²) in [4.78, 5) is 15.3. The van der Waals surface area contributed by atoms with Crippen molar-refractivity contribution in [1.82, 2.24) is 39.7 Å². The number of amides is 1. The van der Waals surface area contributed by atoms with Gasteiger partial charge < -0.3 is 4.90 Å². The standard InChI is InChI=1S/C20H20N8O/c29-20(18(28-14-21-24-25-28)15-6-2-1-3-7-15)26-12-9-16(10-13-26)19-23-22-17-8-4-5-11-27(17)19/h1-8,11,14,16,18H,9-10,12-13H2/t18-/m1/s1. The minimum absolute atomic E-state index is 0.00746. The summed E-state index contributed by atoms with van der Waals surface area (Å²) in [6, 6.07) is 15.0. The summed E-state index contributed by atoms with van der Waals surface area (Å²) in [7, 11) is 0. The summed E-state index contributed by atoms with van der Waals surface area (Å²) in [5.74, 6) is 1.25. The van der Waals surface area contributed by atoms with Gasteiger partial charge in [-0.3, -0.25) is 9.20 Å². The summed E-state index contributed by atoms with van der Waals surface area (Å²) in [6.07, 6.45) is 5.17. The molecule has 0 saturated carbocycles. The van der Waals surface area contributed by atoms with E-state index in [0.29, 0.717) is 13.1 Å². The molecule has 1 fully saturated rings. The van der Waals surface area contributed by atoms with Crippen LogP contribution in [-0.4, -0.2) is 58.7 Å². The number of tetrazole rings is 1. The van der Waals surface area contributed by atoms with Gasteiger partial charge in [-0.15, -0.1) is 15.3 Å². The number of rotatable bonds is 4. The van der Waals surface area contributed by atoms with Crippen molar-refractivity contribution in [3.8, 4) is 0 Å². The van der Waals surface area contributed by atoms with Gasteiger partial charge in [0.25, 0.3) is 5.91 Å². The van der Waals surface area contributed by atoms with Crippen LogP contribution < -0.4 is 0 Å². The maximum atomic E-state index is 13.4. The van der Waals surface area contributed by atoms with Gasteiger partial charge in [-0.05, 0) is 41.0 Å². The fourth-order valence-corrected chi connectivity index (χ4v) is 4.00. The van der Waals surface area contributed by atoms with E-state index in [0.717, 1.165) is 29.9 Å². The maximum absolute atomic E-state index is 13.4. The maximum Gasteiger partial charge on any atom is 0.252 e. The van der Waals surface area contributed by atoms with Gasteiger partial charge in [0.05, 0.1) is 0 Å². The second-order valence-corrected chi connectivity index (χ2v) is 7.19. The van der Waals surface area contributed by atoms with Gasteiger partial charge in [0.15, 0.2) is 11.7 Å². The fraction of sp³-hybridized carbons (Fsp3) is 0.300. The molecule has 0 radical (unpaired) electrons. The van der Waals surface area contributed by atoms with E-state index in [-0.39, 0.29) is 11.8 Å². The van der Waals surface area contributed by atoms with Crippen molar-refractivity contribution >= 4 is 11.6 Å². The molecule has 1 aliphatic heterocycles. The van der Waals surface area contributed by atoms with E-state index in [1.165, 1.54) is 11.0 Å². The van der Waals surface area contributed by atoms with Gasteiger partial charge in [0, 0.05) is 25.2 Å². The second kappa shape index (κ2) is 7.42. The van der Waals surface area contributed by atoms with Crippen LogP contribution in [0.15, 0.2) is 61.1 Å². The number of carbonyl (C=O) groups excluding carboxylic acids is 1. The topological polar surface area (TPSA) is 94.1 Å².